The van der Waals surface area contributed by atoms with Gasteiger partial charge in [0.1, 0.15) is 0 Å². The van der Waals surface area contributed by atoms with Crippen molar-refractivity contribution in [2.75, 3.05) is 37.0 Å². The highest BCUT2D eigenvalue weighted by Crippen LogP contribution is 2.24. The van der Waals surface area contributed by atoms with Crippen LogP contribution in [0.1, 0.15) is 6.42 Å². The fourth-order valence-corrected chi connectivity index (χ4v) is 1.75. The predicted octanol–water partition coefficient (Wildman–Crippen LogP) is 0.880. The Kier molecular flexibility index (Phi) is 2.84. The van der Waals surface area contributed by atoms with E-state index in [4.69, 9.17) is 0 Å². The topological polar surface area (TPSA) is 40.2 Å². The molecular formula is C10H16N4. The molecular weight excluding hydrogens is 176 g/mol. The van der Waals surface area contributed by atoms with Crippen LogP contribution in [0.2, 0.25) is 0 Å². The van der Waals surface area contributed by atoms with Crippen LogP contribution in [0.3, 0.4) is 0 Å². The van der Waals surface area contributed by atoms with Gasteiger partial charge in [-0.1, -0.05) is 0 Å². The van der Waals surface area contributed by atoms with Gasteiger partial charge in [-0.25, -0.2) is 0 Å². The Morgan fingerprint density at radius 3 is 3.21 bits per heavy atom. The zero-order chi connectivity index (χ0) is 9.80. The highest BCUT2D eigenvalue weighted by Gasteiger charge is 2.12. The summed E-state index contributed by atoms with van der Waals surface area (Å²) < 4.78 is 0. The molecule has 2 rings (SSSR count). The van der Waals surface area contributed by atoms with Crippen molar-refractivity contribution in [1.82, 2.24) is 10.3 Å². The first-order chi connectivity index (χ1) is 6.92. The molecule has 14 heavy (non-hydrogen) atoms. The second-order valence-electron chi connectivity index (χ2n) is 3.42. The van der Waals surface area contributed by atoms with Gasteiger partial charge in [-0.15, -0.1) is 0 Å². The molecule has 1 aromatic rings. The zero-order valence-corrected chi connectivity index (χ0v) is 8.45. The summed E-state index contributed by atoms with van der Waals surface area (Å²) in [5.41, 5.74) is 2.32. The summed E-state index contributed by atoms with van der Waals surface area (Å²) in [6.45, 7) is 3.17. The van der Waals surface area contributed by atoms with Gasteiger partial charge >= 0.3 is 0 Å². The van der Waals surface area contributed by atoms with E-state index in [2.05, 4.69) is 26.6 Å². The maximum Gasteiger partial charge on any atom is 0.0762 e. The first-order valence-corrected chi connectivity index (χ1v) is 4.99. The van der Waals surface area contributed by atoms with E-state index in [0.717, 1.165) is 25.4 Å². The minimum Gasteiger partial charge on any atom is -0.385 e. The van der Waals surface area contributed by atoms with E-state index in [0.29, 0.717) is 0 Å². The number of nitrogens with one attached hydrogen (secondary N) is 2. The molecule has 1 saturated heterocycles. The Labute approximate surface area is 84.3 Å². The van der Waals surface area contributed by atoms with Crippen molar-refractivity contribution in [3.8, 4) is 0 Å². The lowest BCUT2D eigenvalue weighted by Crippen LogP contribution is -2.41. The number of aromatic nitrogens is 1. The molecule has 1 aliphatic rings. The molecule has 0 unspecified atom stereocenters. The van der Waals surface area contributed by atoms with Crippen molar-refractivity contribution in [2.45, 2.75) is 6.42 Å². The highest BCUT2D eigenvalue weighted by atomic mass is 15.2. The maximum absolute atomic E-state index is 4.10. The Bertz CT molecular complexity index is 294. The summed E-state index contributed by atoms with van der Waals surface area (Å²) in [5, 5.41) is 6.52. The lowest BCUT2D eigenvalue weighted by Gasteiger charge is -2.30. The van der Waals surface area contributed by atoms with E-state index >= 15 is 0 Å². The van der Waals surface area contributed by atoms with Gasteiger partial charge in [-0.2, -0.15) is 0 Å². The van der Waals surface area contributed by atoms with Crippen molar-refractivity contribution < 1.29 is 0 Å². The van der Waals surface area contributed by atoms with E-state index < -0.39 is 0 Å². The first kappa shape index (κ1) is 9.27. The van der Waals surface area contributed by atoms with Crippen LogP contribution in [0.4, 0.5) is 11.4 Å². The predicted molar refractivity (Wildman–Crippen MR) is 58.6 cm³/mol. The fourth-order valence-electron chi connectivity index (χ4n) is 1.75. The van der Waals surface area contributed by atoms with Gasteiger partial charge in [0.15, 0.2) is 0 Å². The van der Waals surface area contributed by atoms with Gasteiger partial charge in [-0.05, 0) is 19.0 Å². The summed E-state index contributed by atoms with van der Waals surface area (Å²) in [7, 11) is 1.93. The Hall–Kier alpha value is -1.29. The average Bonchev–Trinajstić information content (AvgIpc) is 2.30. The number of pyridine rings is 1. The molecule has 0 bridgehead atoms. The first-order valence-electron chi connectivity index (χ1n) is 4.99. The summed E-state index contributed by atoms with van der Waals surface area (Å²) in [4.78, 5) is 6.43. The smallest absolute Gasteiger partial charge is 0.0762 e. The van der Waals surface area contributed by atoms with Crippen molar-refractivity contribution >= 4 is 11.4 Å². The van der Waals surface area contributed by atoms with Crippen LogP contribution in [-0.2, 0) is 0 Å². The third-order valence-corrected chi connectivity index (χ3v) is 2.49. The van der Waals surface area contributed by atoms with Gasteiger partial charge < -0.3 is 10.2 Å². The van der Waals surface area contributed by atoms with Crippen LogP contribution in [0.5, 0.6) is 0 Å². The number of nitrogens with zero attached hydrogens (tertiary/aromatic N) is 2. The fraction of sp³-hybridized carbons (Fsp3) is 0.500. The van der Waals surface area contributed by atoms with Crippen molar-refractivity contribution in [2.24, 2.45) is 0 Å². The van der Waals surface area contributed by atoms with Crippen LogP contribution in [0.25, 0.3) is 0 Å². The molecule has 0 aliphatic carbocycles. The molecule has 0 saturated carbocycles. The summed E-state index contributed by atoms with van der Waals surface area (Å²) in [6, 6.07) is 2.05. The molecule has 0 spiro atoms. The van der Waals surface area contributed by atoms with Crippen molar-refractivity contribution in [3.63, 3.8) is 0 Å². The SMILES string of the molecule is CNc1cnccc1N1CCCNC1. The van der Waals surface area contributed by atoms with Crippen molar-refractivity contribution in [3.05, 3.63) is 18.5 Å². The van der Waals surface area contributed by atoms with Gasteiger partial charge in [-0.3, -0.25) is 10.3 Å². The number of hydrogen-bond acceptors (Lipinski definition) is 4. The van der Waals surface area contributed by atoms with Crippen molar-refractivity contribution in [1.29, 1.82) is 0 Å². The molecule has 0 amide bonds. The minimum absolute atomic E-state index is 0.929. The lowest BCUT2D eigenvalue weighted by molar-refractivity contribution is 0.553. The Balaban J connectivity index is 2.20. The van der Waals surface area contributed by atoms with Gasteiger partial charge in [0.2, 0.25) is 0 Å². The van der Waals surface area contributed by atoms with E-state index in [1.807, 2.05) is 19.4 Å². The van der Waals surface area contributed by atoms with Crippen LogP contribution in [0, 0.1) is 0 Å². The molecule has 2 heterocycles. The van der Waals surface area contributed by atoms with Crippen LogP contribution in [-0.4, -0.2) is 31.8 Å². The summed E-state index contributed by atoms with van der Waals surface area (Å²) in [6.07, 6.45) is 4.90. The largest absolute Gasteiger partial charge is 0.385 e. The Morgan fingerprint density at radius 1 is 1.57 bits per heavy atom. The van der Waals surface area contributed by atoms with Gasteiger partial charge in [0.05, 0.1) is 24.2 Å². The zero-order valence-electron chi connectivity index (χ0n) is 8.45. The third kappa shape index (κ3) is 1.80. The molecule has 76 valence electrons. The summed E-state index contributed by atoms with van der Waals surface area (Å²) in [5.74, 6) is 0. The quantitative estimate of drug-likeness (QED) is 0.730. The van der Waals surface area contributed by atoms with Gasteiger partial charge in [0, 0.05) is 19.8 Å². The average molecular weight is 192 g/mol. The maximum atomic E-state index is 4.10. The molecule has 2 N–H and O–H groups in total. The molecule has 1 aromatic heterocycles. The molecule has 1 fully saturated rings. The second kappa shape index (κ2) is 4.28. The van der Waals surface area contributed by atoms with Crippen LogP contribution in [0.15, 0.2) is 18.5 Å². The molecule has 0 radical (unpaired) electrons. The molecule has 4 heteroatoms. The lowest BCUT2D eigenvalue weighted by atomic mass is 10.2. The number of hydrogen-bond donors (Lipinski definition) is 2. The molecule has 1 aliphatic heterocycles. The van der Waals surface area contributed by atoms with Gasteiger partial charge in [0.25, 0.3) is 0 Å². The second-order valence-corrected chi connectivity index (χ2v) is 3.42. The molecule has 0 aromatic carbocycles. The standard InChI is InChI=1S/C10H16N4/c1-11-9-7-12-5-3-10(9)14-6-2-4-13-8-14/h3,5,7,11,13H,2,4,6,8H2,1H3. The molecule has 0 atom stereocenters. The van der Waals surface area contributed by atoms with E-state index in [1.54, 1.807) is 0 Å². The monoisotopic (exact) mass is 192 g/mol. The van der Waals surface area contributed by atoms with Crippen LogP contribution < -0.4 is 15.5 Å². The number of rotatable bonds is 2. The normalized spacial score (nSPS) is 16.8. The van der Waals surface area contributed by atoms with E-state index in [1.165, 1.54) is 12.1 Å². The molecule has 4 nitrogen and oxygen atoms in total. The third-order valence-electron chi connectivity index (χ3n) is 2.49. The number of anilines is 2. The van der Waals surface area contributed by atoms with E-state index in [9.17, 15) is 0 Å². The van der Waals surface area contributed by atoms with E-state index in [-0.39, 0.29) is 0 Å². The summed E-state index contributed by atoms with van der Waals surface area (Å²) >= 11 is 0. The highest BCUT2D eigenvalue weighted by molar-refractivity contribution is 5.68. The minimum atomic E-state index is 0.929. The Morgan fingerprint density at radius 2 is 2.50 bits per heavy atom. The van der Waals surface area contributed by atoms with Crippen LogP contribution >= 0.6 is 0 Å².